The summed E-state index contributed by atoms with van der Waals surface area (Å²) in [6.45, 7) is 0.737. The molecule has 2 aromatic rings. The molecule has 0 saturated heterocycles. The van der Waals surface area contributed by atoms with Crippen molar-refractivity contribution in [3.05, 3.63) is 50.6 Å². The average molecular weight is 326 g/mol. The first-order valence-electron chi connectivity index (χ1n) is 5.35. The molecular formula is C13H12BrNO2S. The van der Waals surface area contributed by atoms with E-state index in [9.17, 15) is 4.79 Å². The zero-order chi connectivity index (χ0) is 13.0. The summed E-state index contributed by atoms with van der Waals surface area (Å²) in [4.78, 5) is 12.6. The molecule has 0 spiro atoms. The number of thiophene rings is 1. The second-order valence-electron chi connectivity index (χ2n) is 3.63. The summed E-state index contributed by atoms with van der Waals surface area (Å²) in [5.41, 5.74) is 1.46. The van der Waals surface area contributed by atoms with E-state index in [1.807, 2.05) is 18.2 Å². The molecule has 0 atom stereocenters. The van der Waals surface area contributed by atoms with Crippen LogP contribution in [0.3, 0.4) is 0 Å². The number of rotatable bonds is 4. The molecule has 18 heavy (non-hydrogen) atoms. The van der Waals surface area contributed by atoms with Crippen LogP contribution in [-0.4, -0.2) is 13.1 Å². The van der Waals surface area contributed by atoms with Crippen LogP contribution in [-0.2, 0) is 11.3 Å². The Bertz CT molecular complexity index is 553. The van der Waals surface area contributed by atoms with Crippen molar-refractivity contribution in [1.82, 2.24) is 0 Å². The fourth-order valence-corrected chi connectivity index (χ4v) is 2.93. The Kier molecular flexibility index (Phi) is 4.38. The molecular weight excluding hydrogens is 314 g/mol. The number of nitrogens with one attached hydrogen (secondary N) is 1. The maximum atomic E-state index is 11.4. The maximum absolute atomic E-state index is 11.4. The molecule has 1 N–H and O–H groups in total. The van der Waals surface area contributed by atoms with E-state index in [1.54, 1.807) is 23.5 Å². The highest BCUT2D eigenvalue weighted by Gasteiger charge is 2.05. The Hall–Kier alpha value is -1.33. The van der Waals surface area contributed by atoms with Crippen LogP contribution in [0.4, 0.5) is 5.69 Å². The number of carbonyl (C=O) groups is 1. The highest BCUT2D eigenvalue weighted by molar-refractivity contribution is 9.11. The molecule has 0 bridgehead atoms. The second kappa shape index (κ2) is 6.02. The van der Waals surface area contributed by atoms with Crippen molar-refractivity contribution in [1.29, 1.82) is 0 Å². The van der Waals surface area contributed by atoms with Crippen molar-refractivity contribution in [2.75, 3.05) is 12.4 Å². The summed E-state index contributed by atoms with van der Waals surface area (Å²) in [6.07, 6.45) is 0. The number of hydrogen-bond donors (Lipinski definition) is 1. The molecule has 94 valence electrons. The molecule has 0 saturated carbocycles. The monoisotopic (exact) mass is 325 g/mol. The van der Waals surface area contributed by atoms with Gasteiger partial charge < -0.3 is 10.1 Å². The number of ether oxygens (including phenoxy) is 1. The fourth-order valence-electron chi connectivity index (χ4n) is 1.51. The fraction of sp³-hybridized carbons (Fsp3) is 0.154. The first-order valence-corrected chi connectivity index (χ1v) is 6.96. The molecule has 0 aliphatic heterocycles. The normalized spacial score (nSPS) is 10.1. The van der Waals surface area contributed by atoms with Gasteiger partial charge >= 0.3 is 5.97 Å². The summed E-state index contributed by atoms with van der Waals surface area (Å²) < 4.78 is 5.80. The minimum absolute atomic E-state index is 0.322. The zero-order valence-corrected chi connectivity index (χ0v) is 12.2. The number of benzene rings is 1. The summed E-state index contributed by atoms with van der Waals surface area (Å²) in [6, 6.07) is 11.4. The van der Waals surface area contributed by atoms with Crippen molar-refractivity contribution < 1.29 is 9.53 Å². The van der Waals surface area contributed by atoms with E-state index in [1.165, 1.54) is 12.0 Å². The topological polar surface area (TPSA) is 38.3 Å². The first kappa shape index (κ1) is 13.1. The Balaban J connectivity index is 2.03. The first-order chi connectivity index (χ1) is 8.69. The summed E-state index contributed by atoms with van der Waals surface area (Å²) in [5.74, 6) is -0.322. The van der Waals surface area contributed by atoms with E-state index in [4.69, 9.17) is 0 Å². The Labute approximate surface area is 118 Å². The van der Waals surface area contributed by atoms with Gasteiger partial charge in [0.25, 0.3) is 0 Å². The van der Waals surface area contributed by atoms with Crippen molar-refractivity contribution in [2.24, 2.45) is 0 Å². The number of esters is 1. The molecule has 0 aliphatic rings. The van der Waals surface area contributed by atoms with Gasteiger partial charge in [-0.05, 0) is 46.3 Å². The highest BCUT2D eigenvalue weighted by Crippen LogP contribution is 2.23. The zero-order valence-electron chi connectivity index (χ0n) is 9.77. The van der Waals surface area contributed by atoms with Gasteiger partial charge in [-0.1, -0.05) is 6.07 Å². The van der Waals surface area contributed by atoms with Crippen molar-refractivity contribution in [2.45, 2.75) is 6.54 Å². The standard InChI is InChI=1S/C13H12BrNO2S/c1-17-13(16)9-3-2-4-10(7-9)15-8-11-5-6-12(14)18-11/h2-7,15H,8H2,1H3. The smallest absolute Gasteiger partial charge is 0.337 e. The molecule has 1 aromatic carbocycles. The number of halogens is 1. The number of anilines is 1. The van der Waals surface area contributed by atoms with E-state index in [2.05, 4.69) is 32.0 Å². The van der Waals surface area contributed by atoms with Crippen LogP contribution in [0.5, 0.6) is 0 Å². The van der Waals surface area contributed by atoms with Crippen LogP contribution >= 0.6 is 27.3 Å². The number of methoxy groups -OCH3 is 1. The van der Waals surface area contributed by atoms with Crippen molar-refractivity contribution in [3.8, 4) is 0 Å². The Morgan fingerprint density at radius 2 is 2.22 bits per heavy atom. The summed E-state index contributed by atoms with van der Waals surface area (Å²) in [7, 11) is 1.38. The molecule has 3 nitrogen and oxygen atoms in total. The molecule has 0 fully saturated rings. The molecule has 0 aliphatic carbocycles. The van der Waals surface area contributed by atoms with Gasteiger partial charge in [-0.3, -0.25) is 0 Å². The number of hydrogen-bond acceptors (Lipinski definition) is 4. The van der Waals surface area contributed by atoms with Gasteiger partial charge in [0.2, 0.25) is 0 Å². The van der Waals surface area contributed by atoms with Crippen LogP contribution in [0.2, 0.25) is 0 Å². The Morgan fingerprint density at radius 1 is 1.39 bits per heavy atom. The van der Waals surface area contributed by atoms with Crippen LogP contribution in [0.25, 0.3) is 0 Å². The third kappa shape index (κ3) is 3.34. The van der Waals surface area contributed by atoms with Gasteiger partial charge in [0, 0.05) is 17.1 Å². The van der Waals surface area contributed by atoms with Gasteiger partial charge in [0.05, 0.1) is 16.5 Å². The van der Waals surface area contributed by atoms with E-state index in [0.717, 1.165) is 16.0 Å². The van der Waals surface area contributed by atoms with Crippen molar-refractivity contribution >= 4 is 38.9 Å². The average Bonchev–Trinajstić information content (AvgIpc) is 2.81. The van der Waals surface area contributed by atoms with E-state index in [-0.39, 0.29) is 5.97 Å². The lowest BCUT2D eigenvalue weighted by atomic mass is 10.2. The second-order valence-corrected chi connectivity index (χ2v) is 6.18. The molecule has 2 rings (SSSR count). The lowest BCUT2D eigenvalue weighted by molar-refractivity contribution is 0.0601. The van der Waals surface area contributed by atoms with Gasteiger partial charge in [-0.2, -0.15) is 0 Å². The molecule has 5 heteroatoms. The minimum Gasteiger partial charge on any atom is -0.465 e. The lowest BCUT2D eigenvalue weighted by Gasteiger charge is -2.06. The van der Waals surface area contributed by atoms with Gasteiger partial charge in [0.1, 0.15) is 0 Å². The van der Waals surface area contributed by atoms with Crippen molar-refractivity contribution in [3.63, 3.8) is 0 Å². The predicted molar refractivity (Wildman–Crippen MR) is 77.1 cm³/mol. The van der Waals surface area contributed by atoms with E-state index >= 15 is 0 Å². The van der Waals surface area contributed by atoms with Gasteiger partial charge in [0.15, 0.2) is 0 Å². The molecule has 0 unspecified atom stereocenters. The highest BCUT2D eigenvalue weighted by atomic mass is 79.9. The third-order valence-electron chi connectivity index (χ3n) is 2.38. The van der Waals surface area contributed by atoms with E-state index < -0.39 is 0 Å². The number of carbonyl (C=O) groups excluding carboxylic acids is 1. The van der Waals surface area contributed by atoms with Crippen LogP contribution in [0, 0.1) is 0 Å². The molecule has 1 heterocycles. The summed E-state index contributed by atoms with van der Waals surface area (Å²) in [5, 5.41) is 3.28. The van der Waals surface area contributed by atoms with Crippen LogP contribution in [0.1, 0.15) is 15.2 Å². The maximum Gasteiger partial charge on any atom is 0.337 e. The van der Waals surface area contributed by atoms with Gasteiger partial charge in [-0.15, -0.1) is 11.3 Å². The lowest BCUT2D eigenvalue weighted by Crippen LogP contribution is -2.03. The molecule has 0 radical (unpaired) electrons. The van der Waals surface area contributed by atoms with Crippen LogP contribution < -0.4 is 5.32 Å². The SMILES string of the molecule is COC(=O)c1cccc(NCc2ccc(Br)s2)c1. The largest absolute Gasteiger partial charge is 0.465 e. The summed E-state index contributed by atoms with van der Waals surface area (Å²) >= 11 is 5.11. The third-order valence-corrected chi connectivity index (χ3v) is 4.00. The molecule has 0 amide bonds. The van der Waals surface area contributed by atoms with E-state index in [0.29, 0.717) is 5.56 Å². The van der Waals surface area contributed by atoms with Gasteiger partial charge in [-0.25, -0.2) is 4.79 Å². The molecule has 1 aromatic heterocycles. The van der Waals surface area contributed by atoms with Crippen LogP contribution in [0.15, 0.2) is 40.2 Å². The quantitative estimate of drug-likeness (QED) is 0.866. The minimum atomic E-state index is -0.322. The predicted octanol–water partition coefficient (Wildman–Crippen LogP) is 3.91. The Morgan fingerprint density at radius 3 is 2.89 bits per heavy atom.